The summed E-state index contributed by atoms with van der Waals surface area (Å²) in [5, 5.41) is 10.3. The van der Waals surface area contributed by atoms with Crippen LogP contribution in [0.25, 0.3) is 6.08 Å². The number of rotatable bonds is 9. The van der Waals surface area contributed by atoms with Gasteiger partial charge in [-0.2, -0.15) is 0 Å². The molecule has 28 heavy (non-hydrogen) atoms. The standard InChI is InChI=1S/C22H26N2O3.HI/c1-3-18-4-6-19(7-5-18)14-23-12-13-24(17-23)15-20(25)16-27-22-10-8-21(26-2)9-11-22;/h3-13,20,25H,1,14-17H2,2H3;1H. The van der Waals surface area contributed by atoms with E-state index in [2.05, 4.69) is 46.8 Å². The summed E-state index contributed by atoms with van der Waals surface area (Å²) in [5.41, 5.74) is 2.37. The molecule has 1 aliphatic rings. The zero-order valence-corrected chi connectivity index (χ0v) is 18.4. The second-order valence-electron chi connectivity index (χ2n) is 6.54. The highest BCUT2D eigenvalue weighted by atomic mass is 127. The molecule has 1 atom stereocenters. The summed E-state index contributed by atoms with van der Waals surface area (Å²) >= 11 is 0. The maximum Gasteiger partial charge on any atom is 0.119 e. The summed E-state index contributed by atoms with van der Waals surface area (Å²) in [5.74, 6) is 1.50. The molecule has 0 spiro atoms. The first-order valence-corrected chi connectivity index (χ1v) is 8.99. The van der Waals surface area contributed by atoms with Crippen LogP contribution >= 0.6 is 24.0 Å². The van der Waals surface area contributed by atoms with E-state index in [1.807, 2.05) is 36.5 Å². The molecular weight excluding hydrogens is 467 g/mol. The summed E-state index contributed by atoms with van der Waals surface area (Å²) in [6.07, 6.45) is 5.34. The first-order chi connectivity index (χ1) is 13.2. The number of ether oxygens (including phenoxy) is 2. The molecule has 5 nitrogen and oxygen atoms in total. The molecule has 6 heteroatoms. The van der Waals surface area contributed by atoms with Gasteiger partial charge in [0.15, 0.2) is 0 Å². The molecule has 1 aliphatic heterocycles. The highest BCUT2D eigenvalue weighted by molar-refractivity contribution is 14.0. The minimum atomic E-state index is -0.566. The maximum atomic E-state index is 10.3. The van der Waals surface area contributed by atoms with Gasteiger partial charge in [0.05, 0.1) is 13.8 Å². The van der Waals surface area contributed by atoms with E-state index in [-0.39, 0.29) is 30.6 Å². The van der Waals surface area contributed by atoms with Gasteiger partial charge in [0.25, 0.3) is 0 Å². The van der Waals surface area contributed by atoms with Gasteiger partial charge in [0.2, 0.25) is 0 Å². The number of β-amino-alcohol motifs (C(OH)–C–C–N with tert-alkyl or cyclic N) is 1. The molecule has 0 radical (unpaired) electrons. The van der Waals surface area contributed by atoms with Crippen LogP contribution in [0.3, 0.4) is 0 Å². The van der Waals surface area contributed by atoms with Gasteiger partial charge < -0.3 is 24.4 Å². The van der Waals surface area contributed by atoms with Crippen LogP contribution in [0.2, 0.25) is 0 Å². The lowest BCUT2D eigenvalue weighted by molar-refractivity contribution is 0.0759. The van der Waals surface area contributed by atoms with Gasteiger partial charge in [-0.1, -0.05) is 36.9 Å². The molecule has 1 unspecified atom stereocenters. The Balaban J connectivity index is 0.00000280. The number of methoxy groups -OCH3 is 1. The molecule has 1 heterocycles. The lowest BCUT2D eigenvalue weighted by Crippen LogP contribution is -2.34. The van der Waals surface area contributed by atoms with Crippen LogP contribution in [0, 0.1) is 0 Å². The van der Waals surface area contributed by atoms with Crippen molar-refractivity contribution in [3.05, 3.63) is 78.6 Å². The first kappa shape index (κ1) is 22.1. The number of aliphatic hydroxyl groups excluding tert-OH is 1. The maximum absolute atomic E-state index is 10.3. The van der Waals surface area contributed by atoms with Crippen LogP contribution in [-0.4, -0.2) is 47.9 Å². The number of hydrogen-bond acceptors (Lipinski definition) is 5. The zero-order chi connectivity index (χ0) is 19.1. The monoisotopic (exact) mass is 494 g/mol. The molecule has 3 rings (SSSR count). The number of aliphatic hydroxyl groups is 1. The molecule has 0 saturated carbocycles. The first-order valence-electron chi connectivity index (χ1n) is 8.99. The van der Waals surface area contributed by atoms with Crippen LogP contribution in [0.15, 0.2) is 67.5 Å². The minimum absolute atomic E-state index is 0. The van der Waals surface area contributed by atoms with E-state index in [9.17, 15) is 5.11 Å². The van der Waals surface area contributed by atoms with E-state index in [1.165, 1.54) is 5.56 Å². The largest absolute Gasteiger partial charge is 0.497 e. The lowest BCUT2D eigenvalue weighted by atomic mass is 10.1. The van der Waals surface area contributed by atoms with E-state index in [4.69, 9.17) is 9.47 Å². The van der Waals surface area contributed by atoms with Crippen molar-refractivity contribution in [2.45, 2.75) is 12.6 Å². The van der Waals surface area contributed by atoms with Gasteiger partial charge in [0.1, 0.15) is 24.2 Å². The van der Waals surface area contributed by atoms with Crippen LogP contribution in [0.4, 0.5) is 0 Å². The van der Waals surface area contributed by atoms with E-state index in [1.54, 1.807) is 7.11 Å². The normalized spacial score (nSPS) is 13.8. The van der Waals surface area contributed by atoms with Crippen LogP contribution in [-0.2, 0) is 6.54 Å². The Morgan fingerprint density at radius 2 is 1.68 bits per heavy atom. The van der Waals surface area contributed by atoms with Crippen molar-refractivity contribution in [2.24, 2.45) is 0 Å². The summed E-state index contributed by atoms with van der Waals surface area (Å²) in [7, 11) is 1.63. The van der Waals surface area contributed by atoms with Gasteiger partial charge in [-0.25, -0.2) is 0 Å². The van der Waals surface area contributed by atoms with Crippen molar-refractivity contribution in [3.63, 3.8) is 0 Å². The van der Waals surface area contributed by atoms with Crippen LogP contribution < -0.4 is 9.47 Å². The Morgan fingerprint density at radius 1 is 1.04 bits per heavy atom. The number of hydrogen-bond donors (Lipinski definition) is 1. The predicted octanol–water partition coefficient (Wildman–Crippen LogP) is 3.94. The highest BCUT2D eigenvalue weighted by Crippen LogP contribution is 2.18. The lowest BCUT2D eigenvalue weighted by Gasteiger charge is -2.23. The molecule has 150 valence electrons. The molecule has 2 aromatic rings. The Hall–Kier alpha value is -2.19. The third kappa shape index (κ3) is 6.45. The van der Waals surface area contributed by atoms with Crippen molar-refractivity contribution in [3.8, 4) is 11.5 Å². The van der Waals surface area contributed by atoms with Gasteiger partial charge in [0, 0.05) is 25.5 Å². The number of nitrogens with zero attached hydrogens (tertiary/aromatic N) is 2. The Morgan fingerprint density at radius 3 is 2.32 bits per heavy atom. The van der Waals surface area contributed by atoms with Gasteiger partial charge >= 0.3 is 0 Å². The Kier molecular flexibility index (Phi) is 8.66. The third-order valence-corrected chi connectivity index (χ3v) is 4.40. The molecule has 0 fully saturated rings. The molecule has 0 bridgehead atoms. The fourth-order valence-corrected chi connectivity index (χ4v) is 2.92. The number of halogens is 1. The van der Waals surface area contributed by atoms with Crippen LogP contribution in [0.5, 0.6) is 11.5 Å². The fourth-order valence-electron chi connectivity index (χ4n) is 2.92. The summed E-state index contributed by atoms with van der Waals surface area (Å²) in [6, 6.07) is 15.7. The van der Waals surface area contributed by atoms with E-state index in [0.717, 1.165) is 30.3 Å². The predicted molar refractivity (Wildman–Crippen MR) is 123 cm³/mol. The summed E-state index contributed by atoms with van der Waals surface area (Å²) < 4.78 is 10.8. The number of benzene rings is 2. The third-order valence-electron chi connectivity index (χ3n) is 4.40. The second-order valence-corrected chi connectivity index (χ2v) is 6.54. The average Bonchev–Trinajstić information content (AvgIpc) is 3.14. The highest BCUT2D eigenvalue weighted by Gasteiger charge is 2.16. The fraction of sp³-hybridized carbons (Fsp3) is 0.273. The quantitative estimate of drug-likeness (QED) is 0.536. The van der Waals surface area contributed by atoms with Gasteiger partial charge in [-0.15, -0.1) is 24.0 Å². The molecular formula is C22H27IN2O3. The van der Waals surface area contributed by atoms with E-state index >= 15 is 0 Å². The average molecular weight is 494 g/mol. The SMILES string of the molecule is C=Cc1ccc(CN2C=CN(CC(O)COc3ccc(OC)cc3)C2)cc1.I. The van der Waals surface area contributed by atoms with Crippen molar-refractivity contribution in [1.82, 2.24) is 9.80 Å². The minimum Gasteiger partial charge on any atom is -0.497 e. The van der Waals surface area contributed by atoms with Crippen molar-refractivity contribution < 1.29 is 14.6 Å². The Labute approximate surface area is 183 Å². The topological polar surface area (TPSA) is 45.2 Å². The molecule has 1 N–H and O–H groups in total. The van der Waals surface area contributed by atoms with Crippen molar-refractivity contribution >= 4 is 30.1 Å². The van der Waals surface area contributed by atoms with Gasteiger partial charge in [-0.3, -0.25) is 0 Å². The summed E-state index contributed by atoms with van der Waals surface area (Å²) in [6.45, 7) is 6.14. The van der Waals surface area contributed by atoms with Crippen LogP contribution in [0.1, 0.15) is 11.1 Å². The summed E-state index contributed by atoms with van der Waals surface area (Å²) in [4.78, 5) is 4.29. The molecule has 2 aromatic carbocycles. The Bertz CT molecular complexity index is 762. The molecule has 0 amide bonds. The van der Waals surface area contributed by atoms with Crippen molar-refractivity contribution in [2.75, 3.05) is 26.9 Å². The van der Waals surface area contributed by atoms with E-state index in [0.29, 0.717) is 6.54 Å². The van der Waals surface area contributed by atoms with Gasteiger partial charge in [-0.05, 0) is 35.4 Å². The smallest absolute Gasteiger partial charge is 0.119 e. The molecule has 0 aliphatic carbocycles. The van der Waals surface area contributed by atoms with E-state index < -0.39 is 6.10 Å². The molecule has 0 saturated heterocycles. The second kappa shape index (κ2) is 11.0. The molecule has 0 aromatic heterocycles. The van der Waals surface area contributed by atoms with Crippen molar-refractivity contribution in [1.29, 1.82) is 0 Å². The zero-order valence-electron chi connectivity index (χ0n) is 16.0.